The van der Waals surface area contributed by atoms with Gasteiger partial charge in [-0.1, -0.05) is 104 Å². The fraction of sp³-hybridized carbons (Fsp3) is 0.923. The Kier molecular flexibility index (Phi) is 9.07. The Balaban J connectivity index is 1.53. The van der Waals surface area contributed by atoms with Gasteiger partial charge in [0.05, 0.1) is 13.4 Å². The van der Waals surface area contributed by atoms with Gasteiger partial charge in [0.25, 0.3) is 0 Å². The van der Waals surface area contributed by atoms with Crippen LogP contribution in [-0.2, 0) is 19.1 Å². The molecule has 3 atom stereocenters. The second-order valence-electron chi connectivity index (χ2n) is 10.3. The van der Waals surface area contributed by atoms with E-state index < -0.39 is 29.0 Å². The molecule has 0 aromatic heterocycles. The number of carbonyl (C=O) groups is 2. The molecule has 2 rings (SSSR count). The van der Waals surface area contributed by atoms with E-state index in [1.165, 1.54) is 70.6 Å². The molecule has 0 amide bonds. The zero-order valence-electron chi connectivity index (χ0n) is 21.0. The molecule has 174 valence electrons. The molecule has 4 heteroatoms. The second kappa shape index (κ2) is 11.5. The molecule has 1 saturated heterocycles. The fourth-order valence-corrected chi connectivity index (χ4v) is 5.18. The van der Waals surface area contributed by atoms with E-state index >= 15 is 0 Å². The molecule has 1 saturated carbocycles. The molecule has 0 aromatic rings. The molecule has 2 aliphatic rings. The molecule has 0 unspecified atom stereocenters. The largest absolute Gasteiger partial charge is 0.463 e. The highest BCUT2D eigenvalue weighted by atomic mass is 16.6. The van der Waals surface area contributed by atoms with Crippen LogP contribution >= 0.6 is 0 Å². The third-order valence-electron chi connectivity index (χ3n) is 8.03. The summed E-state index contributed by atoms with van der Waals surface area (Å²) in [6.45, 7) is 7.09. The zero-order valence-corrected chi connectivity index (χ0v) is 20.0. The van der Waals surface area contributed by atoms with Gasteiger partial charge in [-0.2, -0.15) is 0 Å². The average molecular weight is 424 g/mol. The highest BCUT2D eigenvalue weighted by Crippen LogP contribution is 2.65. The van der Waals surface area contributed by atoms with Crippen LogP contribution in [-0.4, -0.2) is 24.1 Å². The van der Waals surface area contributed by atoms with Gasteiger partial charge in [0.15, 0.2) is 0 Å². The van der Waals surface area contributed by atoms with Gasteiger partial charge in [-0.25, -0.2) is 4.79 Å². The maximum atomic E-state index is 12.9. The van der Waals surface area contributed by atoms with Crippen LogP contribution in [0.15, 0.2) is 0 Å². The van der Waals surface area contributed by atoms with Crippen LogP contribution in [0.2, 0.25) is 0 Å². The number of hydrogen-bond acceptors (Lipinski definition) is 4. The standard InChI is InChI=1S/C26H46O4/c1-5-6-7-8-9-10-11-12-13-14-15-16-17-18-21-29-23(28)26-20-19-25(4,22(27)30-26)24(26,2)3/h5-21H2,1-4H3/t25-,26+/m0/s1/i21D/t21-,25-,26+. The van der Waals surface area contributed by atoms with Gasteiger partial charge in [0.1, 0.15) is 0 Å². The van der Waals surface area contributed by atoms with Crippen molar-refractivity contribution in [2.24, 2.45) is 10.8 Å². The summed E-state index contributed by atoms with van der Waals surface area (Å²) >= 11 is 0. The van der Waals surface area contributed by atoms with Crippen molar-refractivity contribution in [2.75, 3.05) is 6.58 Å². The summed E-state index contributed by atoms with van der Waals surface area (Å²) in [4.78, 5) is 25.2. The molecule has 2 bridgehead atoms. The van der Waals surface area contributed by atoms with Crippen molar-refractivity contribution in [2.45, 2.75) is 136 Å². The molecular weight excluding hydrogens is 376 g/mol. The lowest BCUT2D eigenvalue weighted by Crippen LogP contribution is -2.48. The number of carbonyl (C=O) groups excluding carboxylic acids is 2. The molecule has 4 nitrogen and oxygen atoms in total. The molecule has 0 aromatic carbocycles. The van der Waals surface area contributed by atoms with Crippen molar-refractivity contribution in [3.05, 3.63) is 0 Å². The molecule has 30 heavy (non-hydrogen) atoms. The molecular formula is C26H46O4. The van der Waals surface area contributed by atoms with E-state index in [9.17, 15) is 9.59 Å². The summed E-state index contributed by atoms with van der Waals surface area (Å²) in [5, 5.41) is 0. The van der Waals surface area contributed by atoms with Gasteiger partial charge in [-0.05, 0) is 26.2 Å². The van der Waals surface area contributed by atoms with E-state index in [-0.39, 0.29) is 5.97 Å². The Morgan fingerprint density at radius 1 is 0.867 bits per heavy atom. The average Bonchev–Trinajstić information content (AvgIpc) is 3.02. The van der Waals surface area contributed by atoms with Crippen molar-refractivity contribution >= 4 is 11.9 Å². The molecule has 0 spiro atoms. The van der Waals surface area contributed by atoms with Crippen LogP contribution < -0.4 is 0 Å². The number of esters is 2. The first-order chi connectivity index (χ1) is 14.7. The number of ether oxygens (including phenoxy) is 2. The minimum absolute atomic E-state index is 0.307. The van der Waals surface area contributed by atoms with E-state index in [0.29, 0.717) is 19.3 Å². The SMILES string of the molecule is [2H][C@@H](CCCCCCCCCCCCCCC)OC(=O)[C@@]12CC[C@@](C)(C(=O)O1)C2(C)C. The summed E-state index contributed by atoms with van der Waals surface area (Å²) in [6.07, 6.45) is 18.3. The van der Waals surface area contributed by atoms with Gasteiger partial charge in [0.2, 0.25) is 5.60 Å². The normalized spacial score (nSPS) is 28.3. The molecule has 0 radical (unpaired) electrons. The van der Waals surface area contributed by atoms with Gasteiger partial charge < -0.3 is 9.47 Å². The first kappa shape index (κ1) is 23.6. The Morgan fingerprint density at radius 3 is 1.73 bits per heavy atom. The summed E-state index contributed by atoms with van der Waals surface area (Å²) in [5.74, 6) is -0.833. The van der Waals surface area contributed by atoms with Gasteiger partial charge in [-0.15, -0.1) is 0 Å². The minimum Gasteiger partial charge on any atom is -0.463 e. The van der Waals surface area contributed by atoms with E-state index in [2.05, 4.69) is 6.92 Å². The third kappa shape index (κ3) is 5.40. The van der Waals surface area contributed by atoms with Crippen LogP contribution in [0.4, 0.5) is 0 Å². The lowest BCUT2D eigenvalue weighted by atomic mass is 9.66. The first-order valence-electron chi connectivity index (χ1n) is 13.2. The van der Waals surface area contributed by atoms with Gasteiger partial charge in [-0.3, -0.25) is 4.79 Å². The topological polar surface area (TPSA) is 52.6 Å². The van der Waals surface area contributed by atoms with Crippen LogP contribution in [0.5, 0.6) is 0 Å². The second-order valence-corrected chi connectivity index (χ2v) is 10.3. The predicted octanol–water partition coefficient (Wildman–Crippen LogP) is 7.13. The summed E-state index contributed by atoms with van der Waals surface area (Å²) in [6, 6.07) is 0. The van der Waals surface area contributed by atoms with Crippen LogP contribution in [0.1, 0.15) is 132 Å². The highest BCUT2D eigenvalue weighted by molar-refractivity contribution is 5.93. The minimum atomic E-state index is -1.21. The molecule has 2 fully saturated rings. The Morgan fingerprint density at radius 2 is 1.33 bits per heavy atom. The number of unbranched alkanes of at least 4 members (excludes halogenated alkanes) is 12. The summed E-state index contributed by atoms with van der Waals surface area (Å²) in [5.41, 5.74) is -2.46. The summed E-state index contributed by atoms with van der Waals surface area (Å²) in [7, 11) is 0. The number of rotatable bonds is 16. The van der Waals surface area contributed by atoms with Crippen LogP contribution in [0.3, 0.4) is 0 Å². The molecule has 1 aliphatic carbocycles. The lowest BCUT2D eigenvalue weighted by Gasteiger charge is -2.34. The van der Waals surface area contributed by atoms with Gasteiger partial charge in [0, 0.05) is 5.41 Å². The number of hydrogen-bond donors (Lipinski definition) is 0. The van der Waals surface area contributed by atoms with E-state index in [4.69, 9.17) is 10.8 Å². The zero-order chi connectivity index (χ0) is 23.0. The first-order valence-corrected chi connectivity index (χ1v) is 12.6. The van der Waals surface area contributed by atoms with E-state index in [1.807, 2.05) is 20.8 Å². The van der Waals surface area contributed by atoms with Crippen molar-refractivity contribution in [3.63, 3.8) is 0 Å². The third-order valence-corrected chi connectivity index (χ3v) is 8.03. The maximum absolute atomic E-state index is 12.9. The smallest absolute Gasteiger partial charge is 0.351 e. The quantitative estimate of drug-likeness (QED) is 0.196. The Bertz CT molecular complexity index is 590. The molecule has 1 heterocycles. The maximum Gasteiger partial charge on any atom is 0.351 e. The van der Waals surface area contributed by atoms with E-state index in [0.717, 1.165) is 12.8 Å². The highest BCUT2D eigenvalue weighted by Gasteiger charge is 2.76. The number of fused-ring (bicyclic) bond motifs is 2. The Labute approximate surface area is 186 Å². The fourth-order valence-electron chi connectivity index (χ4n) is 5.18. The predicted molar refractivity (Wildman–Crippen MR) is 121 cm³/mol. The van der Waals surface area contributed by atoms with Gasteiger partial charge >= 0.3 is 11.9 Å². The molecule has 1 aliphatic heterocycles. The monoisotopic (exact) mass is 423 g/mol. The van der Waals surface area contributed by atoms with Crippen molar-refractivity contribution in [3.8, 4) is 0 Å². The van der Waals surface area contributed by atoms with Crippen molar-refractivity contribution in [1.29, 1.82) is 0 Å². The lowest BCUT2D eigenvalue weighted by molar-refractivity contribution is -0.183. The van der Waals surface area contributed by atoms with E-state index in [1.54, 1.807) is 0 Å². The molecule has 0 N–H and O–H groups in total. The summed E-state index contributed by atoms with van der Waals surface area (Å²) < 4.78 is 19.1. The van der Waals surface area contributed by atoms with Crippen molar-refractivity contribution < 1.29 is 20.4 Å². The van der Waals surface area contributed by atoms with Crippen molar-refractivity contribution in [1.82, 2.24) is 0 Å². The van der Waals surface area contributed by atoms with Crippen LogP contribution in [0, 0.1) is 10.8 Å². The Hall–Kier alpha value is -1.06. The van der Waals surface area contributed by atoms with Crippen LogP contribution in [0.25, 0.3) is 0 Å².